The highest BCUT2D eigenvalue weighted by molar-refractivity contribution is 5.68. The van der Waals surface area contributed by atoms with Crippen LogP contribution in [0.3, 0.4) is 0 Å². The molecule has 0 amide bonds. The smallest absolute Gasteiger partial charge is 0.303 e. The van der Waals surface area contributed by atoms with Gasteiger partial charge in [-0.15, -0.1) is 0 Å². The van der Waals surface area contributed by atoms with E-state index in [0.717, 1.165) is 25.2 Å². The van der Waals surface area contributed by atoms with E-state index in [-0.39, 0.29) is 6.61 Å². The number of carbonyl (C=O) groups is 4. The second kappa shape index (κ2) is 14.3. The van der Waals surface area contributed by atoms with Crippen molar-refractivity contribution in [3.63, 3.8) is 0 Å². The minimum absolute atomic E-state index is 0.265. The van der Waals surface area contributed by atoms with Crippen molar-refractivity contribution in [2.75, 3.05) is 13.2 Å². The second-order valence-electron chi connectivity index (χ2n) is 8.94. The Morgan fingerprint density at radius 1 is 0.735 bits per heavy atom. The molecule has 0 aromatic heterocycles. The zero-order chi connectivity index (χ0) is 25.1. The lowest BCUT2D eigenvalue weighted by atomic mass is 9.86. The Morgan fingerprint density at radius 3 is 1.91 bits per heavy atom. The van der Waals surface area contributed by atoms with Gasteiger partial charge >= 0.3 is 23.9 Å². The van der Waals surface area contributed by atoms with Crippen molar-refractivity contribution in [1.29, 1.82) is 0 Å². The Balaban J connectivity index is 2.10. The van der Waals surface area contributed by atoms with E-state index in [1.807, 2.05) is 0 Å². The van der Waals surface area contributed by atoms with Gasteiger partial charge in [-0.25, -0.2) is 0 Å². The molecule has 2 aliphatic rings. The summed E-state index contributed by atoms with van der Waals surface area (Å²) in [6.45, 7) is 4.88. The molecule has 1 aliphatic heterocycles. The fraction of sp³-hybridized carbons (Fsp3) is 0.833. The van der Waals surface area contributed by atoms with Gasteiger partial charge in [-0.05, 0) is 12.3 Å². The number of esters is 4. The zero-order valence-electron chi connectivity index (χ0n) is 20.6. The molecule has 0 aromatic carbocycles. The van der Waals surface area contributed by atoms with E-state index in [2.05, 4.69) is 0 Å². The molecule has 10 heteroatoms. The molecular weight excluding hydrogens is 448 g/mol. The number of ether oxygens (including phenoxy) is 6. The Bertz CT molecular complexity index is 687. The van der Waals surface area contributed by atoms with Crippen molar-refractivity contribution in [1.82, 2.24) is 0 Å². The monoisotopic (exact) mass is 486 g/mol. The molecule has 1 aliphatic carbocycles. The van der Waals surface area contributed by atoms with E-state index in [1.54, 1.807) is 0 Å². The van der Waals surface area contributed by atoms with Crippen molar-refractivity contribution in [2.45, 2.75) is 110 Å². The van der Waals surface area contributed by atoms with Gasteiger partial charge < -0.3 is 28.4 Å². The van der Waals surface area contributed by atoms with Gasteiger partial charge in [0.2, 0.25) is 0 Å². The highest BCUT2D eigenvalue weighted by Crippen LogP contribution is 2.31. The van der Waals surface area contributed by atoms with Crippen LogP contribution < -0.4 is 0 Å². The summed E-state index contributed by atoms with van der Waals surface area (Å²) in [5.74, 6) is -1.77. The molecule has 0 aromatic rings. The summed E-state index contributed by atoms with van der Waals surface area (Å²) in [5.41, 5.74) is 0. The highest BCUT2D eigenvalue weighted by atomic mass is 16.7. The maximum atomic E-state index is 11.8. The lowest BCUT2D eigenvalue weighted by molar-refractivity contribution is -0.308. The van der Waals surface area contributed by atoms with Crippen LogP contribution in [0.15, 0.2) is 0 Å². The first-order chi connectivity index (χ1) is 16.2. The molecule has 2 fully saturated rings. The van der Waals surface area contributed by atoms with E-state index >= 15 is 0 Å². The zero-order valence-corrected chi connectivity index (χ0v) is 20.6. The molecule has 1 saturated heterocycles. The van der Waals surface area contributed by atoms with Crippen molar-refractivity contribution < 1.29 is 47.6 Å². The average molecular weight is 487 g/mol. The molecule has 0 radical (unpaired) electrons. The third-order valence-corrected chi connectivity index (χ3v) is 5.96. The summed E-state index contributed by atoms with van der Waals surface area (Å²) in [7, 11) is 0. The number of carbonyl (C=O) groups excluding carboxylic acids is 4. The predicted octanol–water partition coefficient (Wildman–Crippen LogP) is 2.84. The van der Waals surface area contributed by atoms with E-state index in [1.165, 1.54) is 59.8 Å². The summed E-state index contributed by atoms with van der Waals surface area (Å²) < 4.78 is 33.0. The number of hydrogen-bond acceptors (Lipinski definition) is 10. The van der Waals surface area contributed by atoms with E-state index in [4.69, 9.17) is 28.4 Å². The summed E-state index contributed by atoms with van der Waals surface area (Å²) in [6, 6.07) is 0. The molecule has 1 saturated carbocycles. The summed E-state index contributed by atoms with van der Waals surface area (Å²) in [6.07, 6.45) is 3.76. The number of rotatable bonds is 11. The maximum absolute atomic E-state index is 11.8. The van der Waals surface area contributed by atoms with Crippen molar-refractivity contribution in [3.8, 4) is 0 Å². The standard InChI is InChI=1S/C24H38O10/c1-15(25)30-14-20-21(31-16(2)26)22(32-17(3)27)23(33-18(4)28)24(34-20)29-13-9-8-12-19-10-6-5-7-11-19/h19-24H,5-14H2,1-4H3/t20-,21-,22+,23-,24-/m1/s1. The van der Waals surface area contributed by atoms with E-state index in [9.17, 15) is 19.2 Å². The first-order valence-electron chi connectivity index (χ1n) is 12.1. The van der Waals surface area contributed by atoms with Gasteiger partial charge in [0.25, 0.3) is 0 Å². The first kappa shape index (κ1) is 28.0. The molecule has 0 spiro atoms. The quantitative estimate of drug-likeness (QED) is 0.245. The fourth-order valence-electron chi connectivity index (χ4n) is 4.53. The predicted molar refractivity (Wildman–Crippen MR) is 118 cm³/mol. The molecule has 0 N–H and O–H groups in total. The van der Waals surface area contributed by atoms with Crippen LogP contribution in [-0.2, 0) is 47.6 Å². The van der Waals surface area contributed by atoms with Gasteiger partial charge in [-0.3, -0.25) is 19.2 Å². The molecule has 34 heavy (non-hydrogen) atoms. The molecule has 0 unspecified atom stereocenters. The topological polar surface area (TPSA) is 124 Å². The third-order valence-electron chi connectivity index (χ3n) is 5.96. The van der Waals surface area contributed by atoms with Gasteiger partial charge in [0.15, 0.2) is 24.6 Å². The summed E-state index contributed by atoms with van der Waals surface area (Å²) in [5, 5.41) is 0. The molecular formula is C24H38O10. The molecule has 5 atom stereocenters. The number of unbranched alkanes of at least 4 members (excludes halogenated alkanes) is 1. The summed E-state index contributed by atoms with van der Waals surface area (Å²) in [4.78, 5) is 46.8. The Morgan fingerprint density at radius 2 is 1.32 bits per heavy atom. The van der Waals surface area contributed by atoms with Gasteiger partial charge in [0, 0.05) is 34.3 Å². The third kappa shape index (κ3) is 9.58. The van der Waals surface area contributed by atoms with E-state index in [0.29, 0.717) is 6.61 Å². The molecule has 10 nitrogen and oxygen atoms in total. The van der Waals surface area contributed by atoms with Gasteiger partial charge in [-0.2, -0.15) is 0 Å². The van der Waals surface area contributed by atoms with Crippen LogP contribution in [0.2, 0.25) is 0 Å². The molecule has 1 heterocycles. The highest BCUT2D eigenvalue weighted by Gasteiger charge is 2.52. The fourth-order valence-corrected chi connectivity index (χ4v) is 4.53. The van der Waals surface area contributed by atoms with Crippen LogP contribution in [-0.4, -0.2) is 67.8 Å². The van der Waals surface area contributed by atoms with Crippen LogP contribution >= 0.6 is 0 Å². The second-order valence-corrected chi connectivity index (χ2v) is 8.94. The minimum Gasteiger partial charge on any atom is -0.463 e. The molecule has 0 bridgehead atoms. The Labute approximate surface area is 200 Å². The van der Waals surface area contributed by atoms with Gasteiger partial charge in [0.05, 0.1) is 0 Å². The SMILES string of the molecule is CC(=O)OC[C@H]1O[C@@H](OCCCCC2CCCCC2)[C@H](OC(C)=O)[C@@H](OC(C)=O)[C@@H]1OC(C)=O. The van der Waals surface area contributed by atoms with Crippen LogP contribution in [0, 0.1) is 5.92 Å². The van der Waals surface area contributed by atoms with Gasteiger partial charge in [0.1, 0.15) is 12.7 Å². The lowest BCUT2D eigenvalue weighted by Crippen LogP contribution is -2.63. The minimum atomic E-state index is -1.20. The van der Waals surface area contributed by atoms with Crippen molar-refractivity contribution in [2.24, 2.45) is 5.92 Å². The summed E-state index contributed by atoms with van der Waals surface area (Å²) >= 11 is 0. The largest absolute Gasteiger partial charge is 0.463 e. The van der Waals surface area contributed by atoms with E-state index < -0.39 is 54.6 Å². The maximum Gasteiger partial charge on any atom is 0.303 e. The van der Waals surface area contributed by atoms with Gasteiger partial charge in [-0.1, -0.05) is 44.9 Å². The van der Waals surface area contributed by atoms with Crippen LogP contribution in [0.25, 0.3) is 0 Å². The average Bonchev–Trinajstić information content (AvgIpc) is 2.75. The van der Waals surface area contributed by atoms with Crippen molar-refractivity contribution in [3.05, 3.63) is 0 Å². The van der Waals surface area contributed by atoms with Crippen molar-refractivity contribution >= 4 is 23.9 Å². The van der Waals surface area contributed by atoms with Crippen LogP contribution in [0.1, 0.15) is 79.1 Å². The molecule has 2 rings (SSSR count). The Hall–Kier alpha value is -2.20. The normalized spacial score (nSPS) is 27.5. The van der Waals surface area contributed by atoms with Crippen LogP contribution in [0.4, 0.5) is 0 Å². The number of hydrogen-bond donors (Lipinski definition) is 0. The molecule has 194 valence electrons. The Kier molecular flexibility index (Phi) is 11.8. The lowest BCUT2D eigenvalue weighted by Gasteiger charge is -2.44. The first-order valence-corrected chi connectivity index (χ1v) is 12.1. The van der Waals surface area contributed by atoms with Crippen LogP contribution in [0.5, 0.6) is 0 Å².